The fourth-order valence-corrected chi connectivity index (χ4v) is 5.36. The van der Waals surface area contributed by atoms with Gasteiger partial charge in [0, 0.05) is 19.0 Å². The Balaban J connectivity index is 1.66. The van der Waals surface area contributed by atoms with E-state index in [4.69, 9.17) is 9.47 Å². The van der Waals surface area contributed by atoms with Crippen LogP contribution in [0.25, 0.3) is 11.1 Å². The highest BCUT2D eigenvalue weighted by atomic mass is 32.2. The minimum Gasteiger partial charge on any atom is -0.497 e. The smallest absolute Gasteiger partial charge is 0.305 e. The van der Waals surface area contributed by atoms with Crippen LogP contribution in [-0.4, -0.2) is 57.9 Å². The van der Waals surface area contributed by atoms with Gasteiger partial charge in [0.1, 0.15) is 5.75 Å². The lowest BCUT2D eigenvalue weighted by Gasteiger charge is -2.36. The summed E-state index contributed by atoms with van der Waals surface area (Å²) in [4.78, 5) is 14.3. The average Bonchev–Trinajstić information content (AvgIpc) is 2.84. The molecule has 2 aromatic carbocycles. The number of hydrogen-bond acceptors (Lipinski definition) is 7. The third kappa shape index (κ3) is 6.77. The first-order valence-electron chi connectivity index (χ1n) is 11.1. The molecule has 0 radical (unpaired) electrons. The molecular weight excluding hydrogens is 444 g/mol. The molecule has 0 aromatic heterocycles. The minimum absolute atomic E-state index is 0.0422. The molecule has 1 aliphatic rings. The molecule has 0 amide bonds. The van der Waals surface area contributed by atoms with Gasteiger partial charge in [-0.25, -0.2) is 13.4 Å². The van der Waals surface area contributed by atoms with Gasteiger partial charge in [0.15, 0.2) is 0 Å². The standard InChI is InChI=1S/C24H32N2O6S/c1-31-22-11-5-19(6-12-22)20-7-13-23(14-8-20)33(29,30)25-26(15-16-27)21-9-3-18(4-10-21)17-24(28)32-2/h5-8,11-14,18,21,25,27H,3-4,9-10,15-17H2,1-2H3. The van der Waals surface area contributed by atoms with Crippen molar-refractivity contribution in [3.05, 3.63) is 48.5 Å². The van der Waals surface area contributed by atoms with Crippen molar-refractivity contribution in [2.24, 2.45) is 5.92 Å². The highest BCUT2D eigenvalue weighted by molar-refractivity contribution is 7.89. The zero-order valence-corrected chi connectivity index (χ0v) is 19.9. The number of carbonyl (C=O) groups excluding carboxylic acids is 1. The van der Waals surface area contributed by atoms with E-state index in [1.165, 1.54) is 7.11 Å². The van der Waals surface area contributed by atoms with Crippen molar-refractivity contribution in [2.45, 2.75) is 43.0 Å². The van der Waals surface area contributed by atoms with E-state index >= 15 is 0 Å². The Bertz CT molecular complexity index is 1000. The highest BCUT2D eigenvalue weighted by Gasteiger charge is 2.30. The predicted molar refractivity (Wildman–Crippen MR) is 125 cm³/mol. The lowest BCUT2D eigenvalue weighted by atomic mass is 9.84. The maximum atomic E-state index is 13.0. The van der Waals surface area contributed by atoms with E-state index in [-0.39, 0.29) is 36.0 Å². The summed E-state index contributed by atoms with van der Waals surface area (Å²) >= 11 is 0. The molecule has 8 nitrogen and oxygen atoms in total. The Hall–Kier alpha value is -2.46. The summed E-state index contributed by atoms with van der Waals surface area (Å²) in [6.45, 7) is 0.0243. The van der Waals surface area contributed by atoms with Crippen molar-refractivity contribution in [1.29, 1.82) is 0 Å². The van der Waals surface area contributed by atoms with E-state index < -0.39 is 10.0 Å². The van der Waals surface area contributed by atoms with Gasteiger partial charge in [0.2, 0.25) is 0 Å². The van der Waals surface area contributed by atoms with Crippen LogP contribution >= 0.6 is 0 Å². The van der Waals surface area contributed by atoms with E-state index in [0.717, 1.165) is 42.6 Å². The first-order valence-corrected chi connectivity index (χ1v) is 12.6. The molecule has 0 spiro atoms. The second kappa shape index (κ2) is 11.6. The first kappa shape index (κ1) is 25.2. The van der Waals surface area contributed by atoms with Gasteiger partial charge in [0.25, 0.3) is 10.0 Å². The third-order valence-corrected chi connectivity index (χ3v) is 7.47. The van der Waals surface area contributed by atoms with E-state index in [0.29, 0.717) is 6.42 Å². The van der Waals surface area contributed by atoms with Gasteiger partial charge >= 0.3 is 5.97 Å². The van der Waals surface area contributed by atoms with Crippen LogP contribution in [0.3, 0.4) is 0 Å². The number of methoxy groups -OCH3 is 2. The predicted octanol–water partition coefficient (Wildman–Crippen LogP) is 2.97. The summed E-state index contributed by atoms with van der Waals surface area (Å²) in [6.07, 6.45) is 3.47. The maximum Gasteiger partial charge on any atom is 0.305 e. The normalized spacial score (nSPS) is 18.8. The zero-order valence-electron chi connectivity index (χ0n) is 19.1. The molecule has 0 aliphatic heterocycles. The van der Waals surface area contributed by atoms with Crippen LogP contribution in [0.1, 0.15) is 32.1 Å². The third-order valence-electron chi connectivity index (χ3n) is 6.11. The summed E-state index contributed by atoms with van der Waals surface area (Å²) in [7, 11) is -0.815. The Morgan fingerprint density at radius 1 is 1.00 bits per heavy atom. The summed E-state index contributed by atoms with van der Waals surface area (Å²) < 4.78 is 36.0. The lowest BCUT2D eigenvalue weighted by Crippen LogP contribution is -2.50. The van der Waals surface area contributed by atoms with Gasteiger partial charge in [-0.05, 0) is 67.0 Å². The van der Waals surface area contributed by atoms with Crippen LogP contribution in [0.4, 0.5) is 0 Å². The number of carbonyl (C=O) groups is 1. The highest BCUT2D eigenvalue weighted by Crippen LogP contribution is 2.30. The van der Waals surface area contributed by atoms with Crippen LogP contribution in [0.2, 0.25) is 0 Å². The number of aliphatic hydroxyl groups is 1. The Morgan fingerprint density at radius 3 is 2.09 bits per heavy atom. The van der Waals surface area contributed by atoms with Crippen LogP contribution in [-0.2, 0) is 19.6 Å². The number of benzene rings is 2. The fraction of sp³-hybridized carbons (Fsp3) is 0.458. The van der Waals surface area contributed by atoms with Gasteiger partial charge in [-0.1, -0.05) is 24.3 Å². The molecule has 2 N–H and O–H groups in total. The fourth-order valence-electron chi connectivity index (χ4n) is 4.21. The lowest BCUT2D eigenvalue weighted by molar-refractivity contribution is -0.142. The molecule has 0 atom stereocenters. The van der Waals surface area contributed by atoms with E-state index in [1.807, 2.05) is 24.3 Å². The summed E-state index contributed by atoms with van der Waals surface area (Å²) in [5, 5.41) is 11.1. The summed E-state index contributed by atoms with van der Waals surface area (Å²) in [5.74, 6) is 0.779. The minimum atomic E-state index is -3.81. The Labute approximate surface area is 195 Å². The molecule has 0 heterocycles. The van der Waals surface area contributed by atoms with Crippen LogP contribution < -0.4 is 9.57 Å². The molecule has 9 heteroatoms. The van der Waals surface area contributed by atoms with Crippen LogP contribution in [0.5, 0.6) is 5.75 Å². The summed E-state index contributed by atoms with van der Waals surface area (Å²) in [6, 6.07) is 14.2. The number of nitrogens with zero attached hydrogens (tertiary/aromatic N) is 1. The molecule has 3 rings (SSSR count). The first-order chi connectivity index (χ1) is 15.9. The van der Waals surface area contributed by atoms with Gasteiger partial charge in [-0.3, -0.25) is 4.79 Å². The van der Waals surface area contributed by atoms with Gasteiger partial charge in [-0.2, -0.15) is 0 Å². The molecule has 0 unspecified atom stereocenters. The topological polar surface area (TPSA) is 105 Å². The van der Waals surface area contributed by atoms with Gasteiger partial charge < -0.3 is 14.6 Å². The quantitative estimate of drug-likeness (QED) is 0.401. The Kier molecular flexibility index (Phi) is 8.85. The Morgan fingerprint density at radius 2 is 1.58 bits per heavy atom. The van der Waals surface area contributed by atoms with Crippen LogP contribution in [0.15, 0.2) is 53.4 Å². The van der Waals surface area contributed by atoms with E-state index in [1.54, 1.807) is 36.4 Å². The number of sulfonamides is 1. The molecule has 1 saturated carbocycles. The molecule has 33 heavy (non-hydrogen) atoms. The van der Waals surface area contributed by atoms with E-state index in [2.05, 4.69) is 4.83 Å². The van der Waals surface area contributed by atoms with Crippen molar-refractivity contribution in [3.63, 3.8) is 0 Å². The average molecular weight is 477 g/mol. The van der Waals surface area contributed by atoms with Crippen molar-refractivity contribution < 1.29 is 27.8 Å². The van der Waals surface area contributed by atoms with Crippen molar-refractivity contribution in [1.82, 2.24) is 9.84 Å². The number of aliphatic hydroxyl groups excluding tert-OH is 1. The molecule has 2 aromatic rings. The monoisotopic (exact) mass is 476 g/mol. The molecule has 0 saturated heterocycles. The largest absolute Gasteiger partial charge is 0.497 e. The van der Waals surface area contributed by atoms with Crippen molar-refractivity contribution in [2.75, 3.05) is 27.4 Å². The van der Waals surface area contributed by atoms with Gasteiger partial charge in [-0.15, -0.1) is 4.83 Å². The van der Waals surface area contributed by atoms with Crippen molar-refractivity contribution >= 4 is 16.0 Å². The van der Waals surface area contributed by atoms with Gasteiger partial charge in [0.05, 0.1) is 25.7 Å². The molecule has 0 bridgehead atoms. The number of esters is 1. The number of rotatable bonds is 10. The number of hydrogen-bond donors (Lipinski definition) is 2. The van der Waals surface area contributed by atoms with E-state index in [9.17, 15) is 18.3 Å². The molecular formula is C24H32N2O6S. The second-order valence-electron chi connectivity index (χ2n) is 8.22. The second-order valence-corrected chi connectivity index (χ2v) is 9.88. The molecule has 180 valence electrons. The zero-order chi connectivity index (χ0) is 23.8. The van der Waals surface area contributed by atoms with Crippen molar-refractivity contribution in [3.8, 4) is 16.9 Å². The maximum absolute atomic E-state index is 13.0. The number of nitrogens with one attached hydrogen (secondary N) is 1. The SMILES string of the molecule is COC(=O)CC1CCC(N(CCO)NS(=O)(=O)c2ccc(-c3ccc(OC)cc3)cc2)CC1. The number of ether oxygens (including phenoxy) is 2. The number of hydrazine groups is 1. The molecule has 1 aliphatic carbocycles. The van der Waals surface area contributed by atoms with Crippen LogP contribution in [0, 0.1) is 5.92 Å². The summed E-state index contributed by atoms with van der Waals surface area (Å²) in [5.41, 5.74) is 1.85. The molecule has 1 fully saturated rings.